The summed E-state index contributed by atoms with van der Waals surface area (Å²) in [6.07, 6.45) is 1.90. The van der Waals surface area contributed by atoms with E-state index in [4.69, 9.17) is 30.3 Å². The van der Waals surface area contributed by atoms with Gasteiger partial charge in [0, 0.05) is 42.8 Å². The highest BCUT2D eigenvalue weighted by atomic mass is 79.9. The van der Waals surface area contributed by atoms with E-state index in [1.54, 1.807) is 0 Å². The molecule has 10 nitrogen and oxygen atoms in total. The number of aromatic nitrogens is 7. The highest BCUT2D eigenvalue weighted by molar-refractivity contribution is 9.10. The third kappa shape index (κ3) is 8.97. The summed E-state index contributed by atoms with van der Waals surface area (Å²) in [4.78, 5) is 4.59. The van der Waals surface area contributed by atoms with E-state index in [0.29, 0.717) is 5.70 Å². The van der Waals surface area contributed by atoms with Crippen LogP contribution in [0, 0.1) is 0 Å². The molecule has 0 aliphatic carbocycles. The van der Waals surface area contributed by atoms with E-state index in [0.717, 1.165) is 87.8 Å². The molecule has 7 aromatic heterocycles. The molecule has 14 rings (SSSR count). The highest BCUT2D eigenvalue weighted by Crippen LogP contribution is 2.37. The van der Waals surface area contributed by atoms with Gasteiger partial charge in [-0.15, -0.1) is 0 Å². The molecule has 0 bridgehead atoms. The smallest absolute Gasteiger partial charge is 0.398 e. The number of fused-ring (bicyclic) bond motifs is 10. The Morgan fingerprint density at radius 3 is 1.43 bits per heavy atom. The van der Waals surface area contributed by atoms with Gasteiger partial charge in [-0.3, -0.25) is 0 Å². The number of rotatable bonds is 5. The average Bonchev–Trinajstić information content (AvgIpc) is 4.23. The molecule has 1 aliphatic heterocycles. The molecular formula is C62H50BBrN8O2. The lowest BCUT2D eigenvalue weighted by Gasteiger charge is -2.32. The first-order valence-electron chi connectivity index (χ1n) is 24.6. The molecule has 8 heterocycles. The molecule has 6 aromatic carbocycles. The van der Waals surface area contributed by atoms with Crippen molar-refractivity contribution in [2.45, 2.75) is 38.9 Å². The van der Waals surface area contributed by atoms with Crippen LogP contribution in [0.25, 0.3) is 94.4 Å². The monoisotopic (exact) mass is 1030 g/mol. The van der Waals surface area contributed by atoms with E-state index in [2.05, 4.69) is 188 Å². The van der Waals surface area contributed by atoms with Crippen molar-refractivity contribution in [1.82, 2.24) is 33.8 Å². The Hall–Kier alpha value is -8.42. The first-order valence-corrected chi connectivity index (χ1v) is 25.4. The van der Waals surface area contributed by atoms with E-state index in [-0.39, 0.29) is 11.2 Å². The molecule has 0 spiro atoms. The van der Waals surface area contributed by atoms with Gasteiger partial charge in [-0.1, -0.05) is 149 Å². The maximum atomic E-state index is 6.13. The average molecular weight is 1030 g/mol. The number of nitrogens with two attached hydrogens (primary N) is 1. The Balaban J connectivity index is 0.000000117. The van der Waals surface area contributed by atoms with Crippen molar-refractivity contribution in [1.29, 1.82) is 0 Å². The lowest BCUT2D eigenvalue weighted by atomic mass is 9.85. The molecule has 360 valence electrons. The molecule has 1 aliphatic rings. The highest BCUT2D eigenvalue weighted by Gasteiger charge is 2.52. The lowest BCUT2D eigenvalue weighted by molar-refractivity contribution is 0.00578. The van der Waals surface area contributed by atoms with Crippen molar-refractivity contribution in [3.8, 4) is 22.5 Å². The molecule has 74 heavy (non-hydrogen) atoms. The molecular weight excluding hydrogens is 979 g/mol. The van der Waals surface area contributed by atoms with Gasteiger partial charge < -0.3 is 15.0 Å². The van der Waals surface area contributed by atoms with Gasteiger partial charge in [0.15, 0.2) is 0 Å². The first-order chi connectivity index (χ1) is 35.9. The minimum absolute atomic E-state index is 0.352. The van der Waals surface area contributed by atoms with E-state index in [1.807, 2.05) is 92.4 Å². The van der Waals surface area contributed by atoms with E-state index >= 15 is 0 Å². The SMILES string of the molecule is CC1(C)OB(c2cc3ccc4ccccc4n3n2)OC1(C)C.NC(=Cc1ccc2ccccc2n1)c1ccc(Br)cc1.c1ccc2c(c1)ccc1cc(-c3ccc(-c4cc5ccc6ccccc6n5n4)cc3)nn12. The molecule has 0 unspecified atom stereocenters. The fraction of sp³-hybridized carbons (Fsp3) is 0.0968. The summed E-state index contributed by atoms with van der Waals surface area (Å²) < 4.78 is 19.2. The first kappa shape index (κ1) is 46.6. The Kier molecular flexibility index (Phi) is 11.9. The van der Waals surface area contributed by atoms with Gasteiger partial charge in [-0.05, 0) is 118 Å². The Morgan fingerprint density at radius 1 is 0.486 bits per heavy atom. The second-order valence-electron chi connectivity index (χ2n) is 19.5. The maximum Gasteiger partial charge on any atom is 0.516 e. The number of hydrogen-bond donors (Lipinski definition) is 1. The molecule has 2 N–H and O–H groups in total. The largest absolute Gasteiger partial charge is 0.516 e. The second kappa shape index (κ2) is 18.9. The molecule has 0 amide bonds. The summed E-state index contributed by atoms with van der Waals surface area (Å²) in [5, 5.41) is 19.1. The van der Waals surface area contributed by atoms with Crippen molar-refractivity contribution in [2.75, 3.05) is 0 Å². The number of nitrogens with zero attached hydrogens (tertiary/aromatic N) is 7. The number of pyridine rings is 4. The lowest BCUT2D eigenvalue weighted by Crippen LogP contribution is -2.41. The van der Waals surface area contributed by atoms with Crippen LogP contribution in [0.15, 0.2) is 217 Å². The topological polar surface area (TPSA) is 109 Å². The third-order valence-corrected chi connectivity index (χ3v) is 14.6. The van der Waals surface area contributed by atoms with Crippen LogP contribution in [0.2, 0.25) is 0 Å². The van der Waals surface area contributed by atoms with Crippen molar-refractivity contribution in [2.24, 2.45) is 5.73 Å². The van der Waals surface area contributed by atoms with E-state index in [1.165, 1.54) is 16.2 Å². The standard InChI is InChI=1S/C28H18N4.C17H19BN2O2.C17H13BrN2/c1-3-7-27-21(5-1)13-15-23-17-25(29-31(23)27)19-9-11-20(12-10-19)26-18-24-16-14-22-6-2-4-8-28(22)32(24)30-26;1-16(2)17(3,4)22-18(21-16)15-11-13-10-9-12-7-5-6-8-14(12)20(13)19-15;18-14-8-5-12(6-9-14)16(19)11-15-10-7-13-3-1-2-4-17(13)20-15/h1-18H;5-11H,1-4H3;1-11H,19H2. The van der Waals surface area contributed by atoms with Crippen LogP contribution in [0.1, 0.15) is 39.0 Å². The molecule has 0 atom stereocenters. The predicted molar refractivity (Wildman–Crippen MR) is 306 cm³/mol. The maximum absolute atomic E-state index is 6.13. The summed E-state index contributed by atoms with van der Waals surface area (Å²) in [6, 6.07) is 72.4. The van der Waals surface area contributed by atoms with Crippen molar-refractivity contribution in [3.63, 3.8) is 0 Å². The summed E-state index contributed by atoms with van der Waals surface area (Å²) in [5.41, 5.74) is 20.4. The molecule has 1 fully saturated rings. The molecule has 12 heteroatoms. The van der Waals surface area contributed by atoms with Crippen LogP contribution < -0.4 is 11.3 Å². The van der Waals surface area contributed by atoms with Gasteiger partial charge in [0.2, 0.25) is 0 Å². The van der Waals surface area contributed by atoms with Crippen molar-refractivity contribution < 1.29 is 9.31 Å². The van der Waals surface area contributed by atoms with Gasteiger partial charge >= 0.3 is 7.12 Å². The minimum Gasteiger partial charge on any atom is -0.398 e. The Bertz CT molecular complexity index is 4110. The fourth-order valence-corrected chi connectivity index (χ4v) is 9.61. The summed E-state index contributed by atoms with van der Waals surface area (Å²) in [6.45, 7) is 8.22. The predicted octanol–water partition coefficient (Wildman–Crippen LogP) is 13.9. The number of para-hydroxylation sites is 4. The summed E-state index contributed by atoms with van der Waals surface area (Å²) in [5.74, 6) is 0. The van der Waals surface area contributed by atoms with Crippen LogP contribution in [0.5, 0.6) is 0 Å². The molecule has 0 radical (unpaired) electrons. The summed E-state index contributed by atoms with van der Waals surface area (Å²) in [7, 11) is -0.427. The fourth-order valence-electron chi connectivity index (χ4n) is 9.35. The van der Waals surface area contributed by atoms with Gasteiger partial charge in [-0.25, -0.2) is 18.5 Å². The van der Waals surface area contributed by atoms with Gasteiger partial charge in [0.25, 0.3) is 0 Å². The number of benzene rings is 6. The van der Waals surface area contributed by atoms with Crippen LogP contribution in [-0.2, 0) is 9.31 Å². The Labute approximate surface area is 436 Å². The molecule has 13 aromatic rings. The minimum atomic E-state index is -0.427. The number of hydrogen-bond acceptors (Lipinski definition) is 7. The van der Waals surface area contributed by atoms with Gasteiger partial charge in [0.1, 0.15) is 0 Å². The van der Waals surface area contributed by atoms with Gasteiger partial charge in [0.05, 0.1) is 72.5 Å². The normalized spacial score (nSPS) is 14.2. The van der Waals surface area contributed by atoms with Crippen LogP contribution >= 0.6 is 15.9 Å². The zero-order valence-electron chi connectivity index (χ0n) is 41.3. The van der Waals surface area contributed by atoms with Crippen molar-refractivity contribution >= 4 is 101 Å². The van der Waals surface area contributed by atoms with Crippen LogP contribution in [0.4, 0.5) is 0 Å². The third-order valence-electron chi connectivity index (χ3n) is 14.1. The quantitative estimate of drug-likeness (QED) is 0.171. The van der Waals surface area contributed by atoms with Crippen LogP contribution in [0.3, 0.4) is 0 Å². The molecule has 0 saturated carbocycles. The second-order valence-corrected chi connectivity index (χ2v) is 20.4. The van der Waals surface area contributed by atoms with Gasteiger partial charge in [-0.2, -0.15) is 15.3 Å². The van der Waals surface area contributed by atoms with Crippen molar-refractivity contribution in [3.05, 3.63) is 228 Å². The zero-order chi connectivity index (χ0) is 50.6. The van der Waals surface area contributed by atoms with Crippen LogP contribution in [-0.4, -0.2) is 52.1 Å². The Morgan fingerprint density at radius 2 is 0.919 bits per heavy atom. The van der Waals surface area contributed by atoms with E-state index in [9.17, 15) is 0 Å². The zero-order valence-corrected chi connectivity index (χ0v) is 42.9. The number of halogens is 1. The molecule has 1 saturated heterocycles. The van der Waals surface area contributed by atoms with E-state index < -0.39 is 7.12 Å². The summed E-state index contributed by atoms with van der Waals surface area (Å²) >= 11 is 3.42.